The van der Waals surface area contributed by atoms with Gasteiger partial charge < -0.3 is 10.5 Å². The summed E-state index contributed by atoms with van der Waals surface area (Å²) in [7, 11) is 1.69. The number of nitrogens with zero attached hydrogens (tertiary/aromatic N) is 2. The summed E-state index contributed by atoms with van der Waals surface area (Å²) in [6.07, 6.45) is 1.25. The van der Waals surface area contributed by atoms with E-state index in [2.05, 4.69) is 9.88 Å². The Kier molecular flexibility index (Phi) is 4.04. The van der Waals surface area contributed by atoms with Crippen LogP contribution in [0.2, 0.25) is 0 Å². The minimum Gasteiger partial charge on any atom is -0.383 e. The molecule has 2 heterocycles. The van der Waals surface area contributed by atoms with Crippen LogP contribution in [-0.4, -0.2) is 49.3 Å². The molecule has 0 saturated carbocycles. The van der Waals surface area contributed by atoms with E-state index >= 15 is 0 Å². The number of likely N-dealkylation sites (tertiary alicyclic amines) is 1. The molecule has 2 N–H and O–H groups in total. The molecule has 0 unspecified atom stereocenters. The zero-order valence-corrected chi connectivity index (χ0v) is 9.97. The van der Waals surface area contributed by atoms with Gasteiger partial charge in [0, 0.05) is 44.4 Å². The quantitative estimate of drug-likeness (QED) is 0.835. The minimum atomic E-state index is -0.309. The van der Waals surface area contributed by atoms with Crippen LogP contribution in [0, 0.1) is 5.82 Å². The van der Waals surface area contributed by atoms with Crippen LogP contribution in [0.4, 0.5) is 4.39 Å². The lowest BCUT2D eigenvalue weighted by Gasteiger charge is -2.14. The average Bonchev–Trinajstić information content (AvgIpc) is 2.69. The summed E-state index contributed by atoms with van der Waals surface area (Å²) in [6, 6.07) is 3.22. The van der Waals surface area contributed by atoms with Crippen LogP contribution in [-0.2, 0) is 4.74 Å². The zero-order valence-electron chi connectivity index (χ0n) is 9.97. The molecule has 2 rings (SSSR count). The summed E-state index contributed by atoms with van der Waals surface area (Å²) in [5, 5.41) is 0. The van der Waals surface area contributed by atoms with Crippen molar-refractivity contribution in [2.75, 3.05) is 33.4 Å². The van der Waals surface area contributed by atoms with Gasteiger partial charge >= 0.3 is 0 Å². The summed E-state index contributed by atoms with van der Waals surface area (Å²) in [4.78, 5) is 6.37. The van der Waals surface area contributed by atoms with E-state index in [1.54, 1.807) is 13.2 Å². The second-order valence-corrected chi connectivity index (χ2v) is 4.42. The van der Waals surface area contributed by atoms with Gasteiger partial charge in [0.05, 0.1) is 12.8 Å². The van der Waals surface area contributed by atoms with Gasteiger partial charge in [0.2, 0.25) is 0 Å². The minimum absolute atomic E-state index is 0.0600. The first-order valence-electron chi connectivity index (χ1n) is 5.79. The number of nitrogens with two attached hydrogens (primary N) is 1. The number of hydrogen-bond acceptors (Lipinski definition) is 4. The molecule has 0 amide bonds. The number of methoxy groups -OCH3 is 1. The molecule has 2 atom stereocenters. The van der Waals surface area contributed by atoms with Gasteiger partial charge in [0.15, 0.2) is 0 Å². The van der Waals surface area contributed by atoms with Crippen molar-refractivity contribution in [1.29, 1.82) is 0 Å². The lowest BCUT2D eigenvalue weighted by Crippen LogP contribution is -2.30. The van der Waals surface area contributed by atoms with Crippen molar-refractivity contribution < 1.29 is 9.13 Å². The number of pyridine rings is 1. The molecule has 0 spiro atoms. The van der Waals surface area contributed by atoms with Crippen molar-refractivity contribution in [2.45, 2.75) is 12.0 Å². The average molecular weight is 239 g/mol. The molecule has 1 fully saturated rings. The Morgan fingerprint density at radius 3 is 3.00 bits per heavy atom. The van der Waals surface area contributed by atoms with Gasteiger partial charge in [-0.05, 0) is 12.1 Å². The monoisotopic (exact) mass is 239 g/mol. The van der Waals surface area contributed by atoms with E-state index in [4.69, 9.17) is 10.5 Å². The van der Waals surface area contributed by atoms with Gasteiger partial charge in [0.1, 0.15) is 5.82 Å². The third-order valence-electron chi connectivity index (χ3n) is 3.18. The van der Waals surface area contributed by atoms with Gasteiger partial charge in [-0.1, -0.05) is 0 Å². The van der Waals surface area contributed by atoms with E-state index in [1.165, 1.54) is 12.3 Å². The van der Waals surface area contributed by atoms with Crippen LogP contribution in [0.25, 0.3) is 0 Å². The highest BCUT2D eigenvalue weighted by Crippen LogP contribution is 2.24. The standard InChI is InChI=1S/C12H18FN3O/c1-17-5-4-16-7-10(11(14)8-16)12-3-2-9(13)6-15-12/h2-3,6,10-11H,4-5,7-8,14H2,1H3/t10-,11-/m1/s1. The maximum Gasteiger partial charge on any atom is 0.141 e. The van der Waals surface area contributed by atoms with Crippen molar-refractivity contribution in [2.24, 2.45) is 5.73 Å². The fourth-order valence-corrected chi connectivity index (χ4v) is 2.24. The lowest BCUT2D eigenvalue weighted by molar-refractivity contribution is 0.159. The number of ether oxygens (including phenoxy) is 1. The molecule has 0 bridgehead atoms. The predicted octanol–water partition coefficient (Wildman–Crippen LogP) is 0.594. The van der Waals surface area contributed by atoms with Crippen LogP contribution in [0.5, 0.6) is 0 Å². The predicted molar refractivity (Wildman–Crippen MR) is 63.2 cm³/mol. The Hall–Kier alpha value is -1.04. The highest BCUT2D eigenvalue weighted by Gasteiger charge is 2.31. The summed E-state index contributed by atoms with van der Waals surface area (Å²) in [6.45, 7) is 3.29. The Bertz CT molecular complexity index is 357. The Labute approximate surface area is 101 Å². The van der Waals surface area contributed by atoms with Crippen molar-refractivity contribution in [3.8, 4) is 0 Å². The third-order valence-corrected chi connectivity index (χ3v) is 3.18. The number of hydrogen-bond donors (Lipinski definition) is 1. The van der Waals surface area contributed by atoms with Crippen molar-refractivity contribution in [3.05, 3.63) is 29.8 Å². The van der Waals surface area contributed by atoms with Crippen LogP contribution in [0.3, 0.4) is 0 Å². The largest absolute Gasteiger partial charge is 0.383 e. The summed E-state index contributed by atoms with van der Waals surface area (Å²) in [5.74, 6) is -0.121. The van der Waals surface area contributed by atoms with Crippen LogP contribution < -0.4 is 5.73 Å². The first kappa shape index (κ1) is 12.4. The number of rotatable bonds is 4. The summed E-state index contributed by atoms with van der Waals surface area (Å²) >= 11 is 0. The highest BCUT2D eigenvalue weighted by atomic mass is 19.1. The van der Waals surface area contributed by atoms with Crippen molar-refractivity contribution in [3.63, 3.8) is 0 Å². The highest BCUT2D eigenvalue weighted by molar-refractivity contribution is 5.16. The molecule has 0 radical (unpaired) electrons. The molecule has 4 nitrogen and oxygen atoms in total. The Morgan fingerprint density at radius 2 is 2.35 bits per heavy atom. The zero-order chi connectivity index (χ0) is 12.3. The summed E-state index contributed by atoms with van der Waals surface area (Å²) < 4.78 is 17.8. The SMILES string of the molecule is COCCN1C[C@@H](N)[C@H](c2ccc(F)cn2)C1. The Morgan fingerprint density at radius 1 is 1.53 bits per heavy atom. The van der Waals surface area contributed by atoms with E-state index in [-0.39, 0.29) is 17.8 Å². The lowest BCUT2D eigenvalue weighted by atomic mass is 10.00. The van der Waals surface area contributed by atoms with Gasteiger partial charge in [-0.3, -0.25) is 9.88 Å². The fraction of sp³-hybridized carbons (Fsp3) is 0.583. The molecule has 0 aromatic carbocycles. The van der Waals surface area contributed by atoms with E-state index < -0.39 is 0 Å². The normalized spacial score (nSPS) is 25.4. The van der Waals surface area contributed by atoms with Crippen LogP contribution in [0.15, 0.2) is 18.3 Å². The third kappa shape index (κ3) is 3.00. The van der Waals surface area contributed by atoms with E-state index in [0.717, 1.165) is 25.3 Å². The molecule has 1 saturated heterocycles. The molecule has 1 aliphatic heterocycles. The van der Waals surface area contributed by atoms with E-state index in [1.807, 2.05) is 0 Å². The maximum absolute atomic E-state index is 12.8. The molecule has 17 heavy (non-hydrogen) atoms. The van der Waals surface area contributed by atoms with Gasteiger partial charge in [-0.15, -0.1) is 0 Å². The molecular formula is C12H18FN3O. The van der Waals surface area contributed by atoms with Gasteiger partial charge in [-0.2, -0.15) is 0 Å². The van der Waals surface area contributed by atoms with E-state index in [0.29, 0.717) is 6.61 Å². The van der Waals surface area contributed by atoms with Crippen molar-refractivity contribution >= 4 is 0 Å². The van der Waals surface area contributed by atoms with Gasteiger partial charge in [-0.25, -0.2) is 4.39 Å². The first-order valence-corrected chi connectivity index (χ1v) is 5.79. The maximum atomic E-state index is 12.8. The molecule has 1 aromatic heterocycles. The molecule has 94 valence electrons. The molecular weight excluding hydrogens is 221 g/mol. The Balaban J connectivity index is 2.00. The van der Waals surface area contributed by atoms with E-state index in [9.17, 15) is 4.39 Å². The van der Waals surface area contributed by atoms with Crippen molar-refractivity contribution in [1.82, 2.24) is 9.88 Å². The molecule has 0 aliphatic carbocycles. The molecule has 1 aromatic rings. The molecule has 5 heteroatoms. The second-order valence-electron chi connectivity index (χ2n) is 4.42. The number of halogens is 1. The molecule has 1 aliphatic rings. The van der Waals surface area contributed by atoms with Crippen LogP contribution in [0.1, 0.15) is 11.6 Å². The topological polar surface area (TPSA) is 51.4 Å². The summed E-state index contributed by atoms with van der Waals surface area (Å²) in [5.41, 5.74) is 6.97. The second kappa shape index (κ2) is 5.53. The first-order chi connectivity index (χ1) is 8.20. The smallest absolute Gasteiger partial charge is 0.141 e. The fourth-order valence-electron chi connectivity index (χ4n) is 2.24. The van der Waals surface area contributed by atoms with Crippen LogP contribution >= 0.6 is 0 Å². The number of aromatic nitrogens is 1. The van der Waals surface area contributed by atoms with Gasteiger partial charge in [0.25, 0.3) is 0 Å².